The van der Waals surface area contributed by atoms with E-state index in [-0.39, 0.29) is 11.3 Å². The van der Waals surface area contributed by atoms with Gasteiger partial charge in [-0.2, -0.15) is 0 Å². The van der Waals surface area contributed by atoms with Crippen molar-refractivity contribution in [2.75, 3.05) is 47.1 Å². The van der Waals surface area contributed by atoms with E-state index in [1.165, 1.54) is 0 Å². The van der Waals surface area contributed by atoms with Crippen molar-refractivity contribution in [1.82, 2.24) is 4.90 Å². The van der Waals surface area contributed by atoms with E-state index in [4.69, 9.17) is 15.2 Å². The fourth-order valence-electron chi connectivity index (χ4n) is 2.08. The van der Waals surface area contributed by atoms with Crippen LogP contribution >= 0.6 is 0 Å². The van der Waals surface area contributed by atoms with Gasteiger partial charge in [0, 0.05) is 40.3 Å². The molecule has 0 aliphatic rings. The van der Waals surface area contributed by atoms with Crippen molar-refractivity contribution in [1.29, 1.82) is 0 Å². The molecule has 0 atom stereocenters. The Labute approximate surface area is 123 Å². The predicted octanol–water partition coefficient (Wildman–Crippen LogP) is 1.65. The van der Waals surface area contributed by atoms with Gasteiger partial charge >= 0.3 is 0 Å². The van der Waals surface area contributed by atoms with Gasteiger partial charge < -0.3 is 20.1 Å². The molecule has 0 radical (unpaired) electrons. The largest absolute Gasteiger partial charge is 0.385 e. The minimum atomic E-state index is 0.129. The number of ether oxygens (including phenoxy) is 2. The molecule has 5 heteroatoms. The van der Waals surface area contributed by atoms with E-state index in [0.29, 0.717) is 32.7 Å². The maximum atomic E-state index is 12.3. The van der Waals surface area contributed by atoms with Crippen molar-refractivity contribution in [3.8, 4) is 0 Å². The summed E-state index contributed by atoms with van der Waals surface area (Å²) in [6.45, 7) is 7.63. The third kappa shape index (κ3) is 9.28. The van der Waals surface area contributed by atoms with Crippen LogP contribution in [0.5, 0.6) is 0 Å². The lowest BCUT2D eigenvalue weighted by Gasteiger charge is -2.27. The number of amides is 1. The number of rotatable bonds is 12. The van der Waals surface area contributed by atoms with Crippen LogP contribution in [-0.2, 0) is 14.3 Å². The molecule has 0 aliphatic carbocycles. The van der Waals surface area contributed by atoms with Crippen LogP contribution in [0.4, 0.5) is 0 Å². The van der Waals surface area contributed by atoms with Crippen LogP contribution in [0.2, 0.25) is 0 Å². The van der Waals surface area contributed by atoms with Gasteiger partial charge in [-0.25, -0.2) is 0 Å². The molecule has 1 amide bonds. The average Bonchev–Trinajstić information content (AvgIpc) is 2.40. The molecule has 0 rings (SSSR count). The van der Waals surface area contributed by atoms with E-state index < -0.39 is 0 Å². The number of carbonyl (C=O) groups excluding carboxylic acids is 1. The van der Waals surface area contributed by atoms with E-state index >= 15 is 0 Å². The summed E-state index contributed by atoms with van der Waals surface area (Å²) >= 11 is 0. The lowest BCUT2D eigenvalue weighted by molar-refractivity contribution is -0.132. The Balaban J connectivity index is 4.23. The lowest BCUT2D eigenvalue weighted by Crippen LogP contribution is -2.35. The average molecular weight is 288 g/mol. The van der Waals surface area contributed by atoms with Crippen LogP contribution in [0.15, 0.2) is 0 Å². The molecule has 0 unspecified atom stereocenters. The first-order valence-corrected chi connectivity index (χ1v) is 7.42. The Bertz CT molecular complexity index is 258. The summed E-state index contributed by atoms with van der Waals surface area (Å²) in [5, 5.41) is 0. The second-order valence-corrected chi connectivity index (χ2v) is 5.92. The zero-order chi connectivity index (χ0) is 15.4. The van der Waals surface area contributed by atoms with Crippen molar-refractivity contribution in [3.63, 3.8) is 0 Å². The van der Waals surface area contributed by atoms with E-state index in [1.807, 2.05) is 4.90 Å². The molecular weight excluding hydrogens is 256 g/mol. The summed E-state index contributed by atoms with van der Waals surface area (Å²) in [7, 11) is 3.33. The second kappa shape index (κ2) is 11.1. The first-order valence-electron chi connectivity index (χ1n) is 7.42. The summed E-state index contributed by atoms with van der Waals surface area (Å²) in [6, 6.07) is 0. The van der Waals surface area contributed by atoms with Gasteiger partial charge in [0.1, 0.15) is 0 Å². The number of carbonyl (C=O) groups is 1. The smallest absolute Gasteiger partial charge is 0.222 e. The zero-order valence-corrected chi connectivity index (χ0v) is 13.6. The number of nitrogens with zero attached hydrogens (tertiary/aromatic N) is 1. The van der Waals surface area contributed by atoms with Crippen LogP contribution in [-0.4, -0.2) is 57.9 Å². The summed E-state index contributed by atoms with van der Waals surface area (Å²) in [5.41, 5.74) is 5.73. The topological polar surface area (TPSA) is 64.8 Å². The molecule has 0 fully saturated rings. The van der Waals surface area contributed by atoms with Crippen LogP contribution in [0, 0.1) is 5.41 Å². The molecule has 0 saturated carbocycles. The molecular formula is C15H32N2O3. The standard InChI is InChI=1S/C15H32N2O3/c1-15(2,8-9-16)7-6-14(18)17(11-13-20-4)10-5-12-19-3/h5-13,16H2,1-4H3. The Hall–Kier alpha value is -0.650. The summed E-state index contributed by atoms with van der Waals surface area (Å²) in [6.07, 6.45) is 3.25. The van der Waals surface area contributed by atoms with Crippen molar-refractivity contribution < 1.29 is 14.3 Å². The SMILES string of the molecule is COCCCN(CCOC)C(=O)CCC(C)(C)CCN. The number of methoxy groups -OCH3 is 2. The molecule has 2 N–H and O–H groups in total. The number of nitrogens with two attached hydrogens (primary N) is 1. The highest BCUT2D eigenvalue weighted by Crippen LogP contribution is 2.26. The Kier molecular flexibility index (Phi) is 10.7. The molecule has 5 nitrogen and oxygen atoms in total. The van der Waals surface area contributed by atoms with E-state index in [9.17, 15) is 4.79 Å². The van der Waals surface area contributed by atoms with Crippen LogP contribution in [0.3, 0.4) is 0 Å². The van der Waals surface area contributed by atoms with Crippen molar-refractivity contribution in [2.45, 2.75) is 39.5 Å². The second-order valence-electron chi connectivity index (χ2n) is 5.92. The Morgan fingerprint density at radius 3 is 2.30 bits per heavy atom. The molecule has 0 aromatic heterocycles. The Morgan fingerprint density at radius 2 is 1.75 bits per heavy atom. The lowest BCUT2D eigenvalue weighted by atomic mass is 9.84. The van der Waals surface area contributed by atoms with Gasteiger partial charge in [0.15, 0.2) is 0 Å². The van der Waals surface area contributed by atoms with Gasteiger partial charge in [-0.3, -0.25) is 4.79 Å². The molecule has 120 valence electrons. The first-order chi connectivity index (χ1) is 9.46. The minimum Gasteiger partial charge on any atom is -0.385 e. The monoisotopic (exact) mass is 288 g/mol. The number of hydrogen-bond donors (Lipinski definition) is 1. The molecule has 0 aromatic rings. The molecule has 0 saturated heterocycles. The highest BCUT2D eigenvalue weighted by molar-refractivity contribution is 5.76. The van der Waals surface area contributed by atoms with Crippen molar-refractivity contribution in [3.05, 3.63) is 0 Å². The third-order valence-corrected chi connectivity index (χ3v) is 3.53. The fourth-order valence-corrected chi connectivity index (χ4v) is 2.08. The third-order valence-electron chi connectivity index (χ3n) is 3.53. The highest BCUT2D eigenvalue weighted by atomic mass is 16.5. The van der Waals surface area contributed by atoms with E-state index in [1.54, 1.807) is 14.2 Å². The molecule has 0 heterocycles. The summed E-state index contributed by atoms with van der Waals surface area (Å²) < 4.78 is 10.1. The molecule has 20 heavy (non-hydrogen) atoms. The minimum absolute atomic E-state index is 0.129. The quantitative estimate of drug-likeness (QED) is 0.555. The first kappa shape index (κ1) is 19.4. The fraction of sp³-hybridized carbons (Fsp3) is 0.933. The van der Waals surface area contributed by atoms with Crippen molar-refractivity contribution >= 4 is 5.91 Å². The number of hydrogen-bond acceptors (Lipinski definition) is 4. The normalized spacial score (nSPS) is 11.7. The predicted molar refractivity (Wildman–Crippen MR) is 81.6 cm³/mol. The zero-order valence-electron chi connectivity index (χ0n) is 13.6. The van der Waals surface area contributed by atoms with Gasteiger partial charge in [-0.05, 0) is 31.2 Å². The maximum Gasteiger partial charge on any atom is 0.222 e. The Morgan fingerprint density at radius 1 is 1.10 bits per heavy atom. The van der Waals surface area contributed by atoms with Gasteiger partial charge in [0.25, 0.3) is 0 Å². The molecule has 0 spiro atoms. The van der Waals surface area contributed by atoms with Gasteiger partial charge in [0.05, 0.1) is 6.61 Å². The molecule has 0 aromatic carbocycles. The van der Waals surface area contributed by atoms with Gasteiger partial charge in [0.2, 0.25) is 5.91 Å². The molecule has 0 bridgehead atoms. The highest BCUT2D eigenvalue weighted by Gasteiger charge is 2.20. The molecule has 0 aliphatic heterocycles. The van der Waals surface area contributed by atoms with Crippen LogP contribution < -0.4 is 5.73 Å². The maximum absolute atomic E-state index is 12.3. The van der Waals surface area contributed by atoms with Crippen LogP contribution in [0.25, 0.3) is 0 Å². The van der Waals surface area contributed by atoms with Gasteiger partial charge in [-0.15, -0.1) is 0 Å². The van der Waals surface area contributed by atoms with Crippen molar-refractivity contribution in [2.24, 2.45) is 11.1 Å². The summed E-state index contributed by atoms with van der Waals surface area (Å²) in [5.74, 6) is 0.197. The van der Waals surface area contributed by atoms with Crippen LogP contribution in [0.1, 0.15) is 39.5 Å². The van der Waals surface area contributed by atoms with E-state index in [0.717, 1.165) is 25.8 Å². The van der Waals surface area contributed by atoms with Gasteiger partial charge in [-0.1, -0.05) is 13.8 Å². The van der Waals surface area contributed by atoms with E-state index in [2.05, 4.69) is 13.8 Å². The summed E-state index contributed by atoms with van der Waals surface area (Å²) in [4.78, 5) is 14.2.